The van der Waals surface area contributed by atoms with Crippen LogP contribution in [0.15, 0.2) is 6.07 Å². The molecule has 17 heavy (non-hydrogen) atoms. The van der Waals surface area contributed by atoms with Gasteiger partial charge in [-0.1, -0.05) is 20.3 Å². The normalized spacial score (nSPS) is 12.7. The van der Waals surface area contributed by atoms with Crippen molar-refractivity contribution in [2.75, 3.05) is 0 Å². The van der Waals surface area contributed by atoms with Gasteiger partial charge in [0.1, 0.15) is 5.78 Å². The van der Waals surface area contributed by atoms with Gasteiger partial charge in [0, 0.05) is 31.6 Å². The lowest BCUT2D eigenvalue weighted by Gasteiger charge is -2.08. The van der Waals surface area contributed by atoms with Crippen molar-refractivity contribution >= 4 is 5.78 Å². The zero-order valence-electron chi connectivity index (χ0n) is 11.1. The Kier molecular flexibility index (Phi) is 5.35. The zero-order chi connectivity index (χ0) is 12.8. The van der Waals surface area contributed by atoms with E-state index in [9.17, 15) is 4.79 Å². The molecule has 4 nitrogen and oxygen atoms in total. The summed E-state index contributed by atoms with van der Waals surface area (Å²) in [5.74, 6) is 0.205. The molecule has 4 heteroatoms. The van der Waals surface area contributed by atoms with Crippen LogP contribution < -0.4 is 5.73 Å². The quantitative estimate of drug-likeness (QED) is 0.783. The van der Waals surface area contributed by atoms with Crippen molar-refractivity contribution in [3.8, 4) is 0 Å². The fourth-order valence-electron chi connectivity index (χ4n) is 1.95. The van der Waals surface area contributed by atoms with Crippen LogP contribution in [0.2, 0.25) is 0 Å². The number of hydrogen-bond acceptors (Lipinski definition) is 3. The third kappa shape index (κ3) is 4.30. The molecule has 1 aromatic heterocycles. The first-order valence-corrected chi connectivity index (χ1v) is 6.35. The Morgan fingerprint density at radius 2 is 2.24 bits per heavy atom. The first-order valence-electron chi connectivity index (χ1n) is 6.35. The van der Waals surface area contributed by atoms with Crippen LogP contribution in [0.25, 0.3) is 0 Å². The average molecular weight is 237 g/mol. The lowest BCUT2D eigenvalue weighted by molar-refractivity contribution is -0.118. The molecule has 0 radical (unpaired) electrons. The molecule has 0 spiro atoms. The minimum Gasteiger partial charge on any atom is -0.327 e. The average Bonchev–Trinajstić information content (AvgIpc) is 2.59. The SMILES string of the molecule is CCCC(N)CC(=O)Cc1cc(CC)nn1C. The van der Waals surface area contributed by atoms with E-state index in [4.69, 9.17) is 5.73 Å². The molecule has 0 aromatic carbocycles. The highest BCUT2D eigenvalue weighted by molar-refractivity contribution is 5.81. The Bertz CT molecular complexity index is 371. The number of carbonyl (C=O) groups is 1. The number of Topliss-reactive ketones (excluding diaryl/α,β-unsaturated/α-hetero) is 1. The summed E-state index contributed by atoms with van der Waals surface area (Å²) in [6.45, 7) is 4.14. The first kappa shape index (κ1) is 13.9. The molecule has 1 unspecified atom stereocenters. The van der Waals surface area contributed by atoms with Gasteiger partial charge in [0.25, 0.3) is 0 Å². The van der Waals surface area contributed by atoms with Crippen molar-refractivity contribution in [3.63, 3.8) is 0 Å². The Hall–Kier alpha value is -1.16. The Morgan fingerprint density at radius 1 is 1.53 bits per heavy atom. The number of carbonyl (C=O) groups excluding carboxylic acids is 1. The summed E-state index contributed by atoms with van der Waals surface area (Å²) in [7, 11) is 1.88. The number of aromatic nitrogens is 2. The van der Waals surface area contributed by atoms with E-state index in [1.165, 1.54) is 0 Å². The second kappa shape index (κ2) is 6.55. The number of hydrogen-bond donors (Lipinski definition) is 1. The summed E-state index contributed by atoms with van der Waals surface area (Å²) >= 11 is 0. The Labute approximate surface area is 103 Å². The molecule has 0 fully saturated rings. The van der Waals surface area contributed by atoms with E-state index in [1.807, 2.05) is 13.1 Å². The predicted molar refractivity (Wildman–Crippen MR) is 68.8 cm³/mol. The van der Waals surface area contributed by atoms with Crippen LogP contribution in [0.3, 0.4) is 0 Å². The number of ketones is 1. The van der Waals surface area contributed by atoms with Gasteiger partial charge in [0.15, 0.2) is 0 Å². The van der Waals surface area contributed by atoms with Gasteiger partial charge in [-0.05, 0) is 18.9 Å². The second-order valence-corrected chi connectivity index (χ2v) is 4.57. The van der Waals surface area contributed by atoms with E-state index >= 15 is 0 Å². The highest BCUT2D eigenvalue weighted by Gasteiger charge is 2.12. The van der Waals surface area contributed by atoms with Gasteiger partial charge in [-0.2, -0.15) is 5.10 Å². The van der Waals surface area contributed by atoms with E-state index in [1.54, 1.807) is 4.68 Å². The summed E-state index contributed by atoms with van der Waals surface area (Å²) in [6.07, 6.45) is 3.76. The smallest absolute Gasteiger partial charge is 0.140 e. The van der Waals surface area contributed by atoms with Crippen LogP contribution in [-0.4, -0.2) is 21.6 Å². The molecule has 0 bridgehead atoms. The van der Waals surface area contributed by atoms with Crippen LogP contribution in [0.4, 0.5) is 0 Å². The van der Waals surface area contributed by atoms with E-state index in [-0.39, 0.29) is 11.8 Å². The molecule has 0 saturated heterocycles. The van der Waals surface area contributed by atoms with Crippen molar-refractivity contribution in [2.24, 2.45) is 12.8 Å². The summed E-state index contributed by atoms with van der Waals surface area (Å²) in [5.41, 5.74) is 7.88. The van der Waals surface area contributed by atoms with Crippen LogP contribution in [-0.2, 0) is 24.7 Å². The monoisotopic (exact) mass is 237 g/mol. The van der Waals surface area contributed by atoms with Crippen LogP contribution in [0, 0.1) is 0 Å². The van der Waals surface area contributed by atoms with E-state index in [0.29, 0.717) is 12.8 Å². The molecule has 0 aliphatic carbocycles. The fourth-order valence-corrected chi connectivity index (χ4v) is 1.95. The predicted octanol–water partition coefficient (Wildman–Crippen LogP) is 1.61. The van der Waals surface area contributed by atoms with Crippen molar-refractivity contribution in [1.82, 2.24) is 9.78 Å². The highest BCUT2D eigenvalue weighted by atomic mass is 16.1. The maximum Gasteiger partial charge on any atom is 0.140 e. The molecular formula is C13H23N3O. The van der Waals surface area contributed by atoms with Crippen LogP contribution >= 0.6 is 0 Å². The minimum atomic E-state index is 0.00590. The molecule has 0 aliphatic heterocycles. The maximum atomic E-state index is 11.8. The first-order chi connectivity index (χ1) is 8.06. The molecule has 1 aromatic rings. The number of aryl methyl sites for hydroxylation is 2. The fraction of sp³-hybridized carbons (Fsp3) is 0.692. The largest absolute Gasteiger partial charge is 0.327 e. The van der Waals surface area contributed by atoms with Crippen molar-refractivity contribution in [1.29, 1.82) is 0 Å². The molecule has 1 atom stereocenters. The van der Waals surface area contributed by atoms with E-state index in [0.717, 1.165) is 30.7 Å². The van der Waals surface area contributed by atoms with E-state index < -0.39 is 0 Å². The number of rotatable bonds is 7. The van der Waals surface area contributed by atoms with Gasteiger partial charge in [-0.3, -0.25) is 9.48 Å². The molecule has 1 rings (SSSR count). The molecular weight excluding hydrogens is 214 g/mol. The second-order valence-electron chi connectivity index (χ2n) is 4.57. The summed E-state index contributed by atoms with van der Waals surface area (Å²) in [5, 5.41) is 4.33. The van der Waals surface area contributed by atoms with Gasteiger partial charge in [0.05, 0.1) is 5.69 Å². The minimum absolute atomic E-state index is 0.00590. The molecule has 0 amide bonds. The van der Waals surface area contributed by atoms with Crippen molar-refractivity contribution in [3.05, 3.63) is 17.5 Å². The van der Waals surface area contributed by atoms with Gasteiger partial charge >= 0.3 is 0 Å². The lowest BCUT2D eigenvalue weighted by Crippen LogP contribution is -2.24. The van der Waals surface area contributed by atoms with Gasteiger partial charge in [-0.25, -0.2) is 0 Å². The molecule has 2 N–H and O–H groups in total. The third-order valence-electron chi connectivity index (χ3n) is 2.92. The summed E-state index contributed by atoms with van der Waals surface area (Å²) < 4.78 is 1.79. The van der Waals surface area contributed by atoms with Crippen LogP contribution in [0.5, 0.6) is 0 Å². The highest BCUT2D eigenvalue weighted by Crippen LogP contribution is 2.08. The zero-order valence-corrected chi connectivity index (χ0v) is 11.1. The summed E-state index contributed by atoms with van der Waals surface area (Å²) in [6, 6.07) is 2.01. The molecule has 0 aliphatic rings. The van der Waals surface area contributed by atoms with Gasteiger partial charge < -0.3 is 5.73 Å². The molecule has 0 saturated carbocycles. The topological polar surface area (TPSA) is 60.9 Å². The van der Waals surface area contributed by atoms with Crippen molar-refractivity contribution in [2.45, 2.75) is 52.0 Å². The van der Waals surface area contributed by atoms with Gasteiger partial charge in [0.2, 0.25) is 0 Å². The maximum absolute atomic E-state index is 11.8. The summed E-state index contributed by atoms with van der Waals surface area (Å²) in [4.78, 5) is 11.8. The van der Waals surface area contributed by atoms with Crippen molar-refractivity contribution < 1.29 is 4.79 Å². The third-order valence-corrected chi connectivity index (χ3v) is 2.92. The lowest BCUT2D eigenvalue weighted by atomic mass is 10.0. The Balaban J connectivity index is 2.52. The molecule has 96 valence electrons. The Morgan fingerprint density at radius 3 is 2.76 bits per heavy atom. The van der Waals surface area contributed by atoms with Crippen LogP contribution in [0.1, 0.15) is 44.5 Å². The number of nitrogens with zero attached hydrogens (tertiary/aromatic N) is 2. The van der Waals surface area contributed by atoms with Gasteiger partial charge in [-0.15, -0.1) is 0 Å². The van der Waals surface area contributed by atoms with E-state index in [2.05, 4.69) is 18.9 Å². The molecule has 1 heterocycles. The number of nitrogens with two attached hydrogens (primary N) is 1. The standard InChI is InChI=1S/C13H23N3O/c1-4-6-10(14)7-13(17)9-12-8-11(5-2)15-16(12)3/h8,10H,4-7,9,14H2,1-3H3.